The van der Waals surface area contributed by atoms with Crippen LogP contribution in [-0.4, -0.2) is 15.5 Å². The van der Waals surface area contributed by atoms with E-state index in [1.165, 1.54) is 25.1 Å². The number of hydrogen-bond acceptors (Lipinski definition) is 2. The Morgan fingerprint density at radius 1 is 1.12 bits per heavy atom. The Kier molecular flexibility index (Phi) is 4.50. The van der Waals surface area contributed by atoms with Crippen LogP contribution in [-0.2, 0) is 6.18 Å². The van der Waals surface area contributed by atoms with Crippen molar-refractivity contribution in [2.75, 3.05) is 5.32 Å². The highest BCUT2D eigenvalue weighted by Crippen LogP contribution is 2.28. The third kappa shape index (κ3) is 3.58. The van der Waals surface area contributed by atoms with Crippen LogP contribution in [0.2, 0.25) is 0 Å². The topological polar surface area (TPSA) is 46.9 Å². The third-order valence-electron chi connectivity index (χ3n) is 3.72. The molecule has 4 nitrogen and oxygen atoms in total. The Morgan fingerprint density at radius 3 is 2.42 bits per heavy atom. The maximum absolute atomic E-state index is 14.0. The number of aromatic nitrogens is 2. The number of nitrogens with one attached hydrogen (secondary N) is 1. The summed E-state index contributed by atoms with van der Waals surface area (Å²) in [5.41, 5.74) is -0.718. The summed E-state index contributed by atoms with van der Waals surface area (Å²) in [6, 6.07) is 9.49. The molecule has 0 aliphatic carbocycles. The zero-order chi connectivity index (χ0) is 18.9. The number of aryl methyl sites for hydroxylation is 1. The maximum atomic E-state index is 14.0. The second kappa shape index (κ2) is 6.62. The number of amides is 1. The second-order valence-corrected chi connectivity index (χ2v) is 5.54. The zero-order valence-electron chi connectivity index (χ0n) is 13.5. The standard InChI is InChI=1S/C18H13F4N3O/c1-11-13(5-7-16(23-11)18(20,21)22)17(26)24-15-10-12(4-6-14(15)19)25-8-2-3-9-25/h2-10H,1H3,(H,24,26). The molecule has 8 heteroatoms. The van der Waals surface area contributed by atoms with Gasteiger partial charge in [0.15, 0.2) is 0 Å². The molecule has 1 amide bonds. The molecular formula is C18H13F4N3O. The van der Waals surface area contributed by atoms with Crippen molar-refractivity contribution in [3.63, 3.8) is 0 Å². The highest BCUT2D eigenvalue weighted by atomic mass is 19.4. The van der Waals surface area contributed by atoms with Gasteiger partial charge in [-0.2, -0.15) is 13.2 Å². The molecule has 2 aromatic heterocycles. The fraction of sp³-hybridized carbons (Fsp3) is 0.111. The molecule has 0 spiro atoms. The number of alkyl halides is 3. The van der Waals surface area contributed by atoms with Gasteiger partial charge in [-0.05, 0) is 49.4 Å². The van der Waals surface area contributed by atoms with Crippen LogP contribution in [0.3, 0.4) is 0 Å². The molecule has 0 bridgehead atoms. The lowest BCUT2D eigenvalue weighted by Gasteiger charge is -2.12. The van der Waals surface area contributed by atoms with Gasteiger partial charge in [0.05, 0.1) is 16.9 Å². The summed E-state index contributed by atoms with van der Waals surface area (Å²) in [5.74, 6) is -1.40. The van der Waals surface area contributed by atoms with Crippen molar-refractivity contribution in [2.45, 2.75) is 13.1 Å². The van der Waals surface area contributed by atoms with Gasteiger partial charge < -0.3 is 9.88 Å². The second-order valence-electron chi connectivity index (χ2n) is 5.54. The quantitative estimate of drug-likeness (QED) is 0.692. The van der Waals surface area contributed by atoms with E-state index in [2.05, 4.69) is 10.3 Å². The number of halogens is 4. The van der Waals surface area contributed by atoms with Crippen molar-refractivity contribution >= 4 is 11.6 Å². The van der Waals surface area contributed by atoms with Crippen LogP contribution in [0.15, 0.2) is 54.9 Å². The molecule has 3 rings (SSSR count). The van der Waals surface area contributed by atoms with Gasteiger partial charge in [0, 0.05) is 18.1 Å². The minimum atomic E-state index is -4.60. The Bertz CT molecular complexity index is 950. The van der Waals surface area contributed by atoms with Crippen molar-refractivity contribution in [3.8, 4) is 5.69 Å². The van der Waals surface area contributed by atoms with Gasteiger partial charge in [-0.25, -0.2) is 9.37 Å². The Hall–Kier alpha value is -3.16. The van der Waals surface area contributed by atoms with Gasteiger partial charge >= 0.3 is 6.18 Å². The van der Waals surface area contributed by atoms with Gasteiger partial charge in [-0.3, -0.25) is 4.79 Å². The van der Waals surface area contributed by atoms with Crippen LogP contribution in [0.4, 0.5) is 23.2 Å². The average molecular weight is 363 g/mol. The Balaban J connectivity index is 1.88. The Morgan fingerprint density at radius 2 is 1.81 bits per heavy atom. The number of benzene rings is 1. The van der Waals surface area contributed by atoms with Crippen LogP contribution in [0.1, 0.15) is 21.7 Å². The SMILES string of the molecule is Cc1nc(C(F)(F)F)ccc1C(=O)Nc1cc(-n2cccc2)ccc1F. The lowest BCUT2D eigenvalue weighted by Crippen LogP contribution is -2.17. The molecule has 0 aliphatic rings. The fourth-order valence-electron chi connectivity index (χ4n) is 2.42. The van der Waals surface area contributed by atoms with E-state index in [0.717, 1.165) is 6.07 Å². The summed E-state index contributed by atoms with van der Waals surface area (Å²) in [6.07, 6.45) is -1.09. The highest BCUT2D eigenvalue weighted by molar-refractivity contribution is 6.05. The summed E-state index contributed by atoms with van der Waals surface area (Å²) < 4.78 is 53.7. The van der Waals surface area contributed by atoms with Crippen molar-refractivity contribution in [2.24, 2.45) is 0 Å². The van der Waals surface area contributed by atoms with Crippen molar-refractivity contribution in [1.82, 2.24) is 9.55 Å². The number of carbonyl (C=O) groups excluding carboxylic acids is 1. The van der Waals surface area contributed by atoms with Gasteiger partial charge in [0.1, 0.15) is 11.5 Å². The molecule has 1 N–H and O–H groups in total. The van der Waals surface area contributed by atoms with Gasteiger partial charge in [-0.1, -0.05) is 0 Å². The van der Waals surface area contributed by atoms with Crippen LogP contribution < -0.4 is 5.32 Å². The normalized spacial score (nSPS) is 11.4. The molecule has 134 valence electrons. The molecule has 0 saturated carbocycles. The van der Waals surface area contributed by atoms with Crippen molar-refractivity contribution in [3.05, 3.63) is 77.6 Å². The highest BCUT2D eigenvalue weighted by Gasteiger charge is 2.33. The number of carbonyl (C=O) groups is 1. The minimum Gasteiger partial charge on any atom is -0.324 e. The van der Waals surface area contributed by atoms with Crippen LogP contribution in [0, 0.1) is 12.7 Å². The first-order valence-electron chi connectivity index (χ1n) is 7.55. The number of pyridine rings is 1. The van der Waals surface area contributed by atoms with E-state index in [4.69, 9.17) is 0 Å². The molecule has 0 unspecified atom stereocenters. The first-order chi connectivity index (χ1) is 12.3. The molecule has 1 aromatic carbocycles. The van der Waals surface area contributed by atoms with E-state index >= 15 is 0 Å². The first kappa shape index (κ1) is 17.7. The van der Waals surface area contributed by atoms with Crippen molar-refractivity contribution in [1.29, 1.82) is 0 Å². The molecule has 3 aromatic rings. The fourth-order valence-corrected chi connectivity index (χ4v) is 2.42. The van der Waals surface area contributed by atoms with Gasteiger partial charge in [0.2, 0.25) is 0 Å². The molecule has 0 fully saturated rings. The number of rotatable bonds is 3. The summed E-state index contributed by atoms with van der Waals surface area (Å²) in [6.45, 7) is 1.29. The molecular weight excluding hydrogens is 350 g/mol. The van der Waals surface area contributed by atoms with E-state index in [1.54, 1.807) is 29.1 Å². The first-order valence-corrected chi connectivity index (χ1v) is 7.55. The summed E-state index contributed by atoms with van der Waals surface area (Å²) >= 11 is 0. The summed E-state index contributed by atoms with van der Waals surface area (Å²) in [4.78, 5) is 15.7. The largest absolute Gasteiger partial charge is 0.433 e. The minimum absolute atomic E-state index is 0.0660. The monoisotopic (exact) mass is 363 g/mol. The predicted molar refractivity (Wildman–Crippen MR) is 87.7 cm³/mol. The summed E-state index contributed by atoms with van der Waals surface area (Å²) in [7, 11) is 0. The third-order valence-corrected chi connectivity index (χ3v) is 3.72. The van der Waals surface area contributed by atoms with Crippen molar-refractivity contribution < 1.29 is 22.4 Å². The Labute approximate surface area is 146 Å². The number of nitrogens with zero attached hydrogens (tertiary/aromatic N) is 2. The van der Waals surface area contributed by atoms with E-state index in [1.807, 2.05) is 0 Å². The zero-order valence-corrected chi connectivity index (χ0v) is 13.5. The smallest absolute Gasteiger partial charge is 0.324 e. The van der Waals surface area contributed by atoms with Crippen LogP contribution >= 0.6 is 0 Å². The molecule has 0 aliphatic heterocycles. The molecule has 0 saturated heterocycles. The van der Waals surface area contributed by atoms with E-state index in [-0.39, 0.29) is 16.9 Å². The van der Waals surface area contributed by atoms with Crippen LogP contribution in [0.25, 0.3) is 5.69 Å². The van der Waals surface area contributed by atoms with E-state index < -0.39 is 23.6 Å². The number of anilines is 1. The van der Waals surface area contributed by atoms with Gasteiger partial charge in [0.25, 0.3) is 5.91 Å². The van der Waals surface area contributed by atoms with E-state index in [0.29, 0.717) is 11.8 Å². The summed E-state index contributed by atoms with van der Waals surface area (Å²) in [5, 5.41) is 2.38. The lowest BCUT2D eigenvalue weighted by molar-refractivity contribution is -0.141. The molecule has 0 atom stereocenters. The predicted octanol–water partition coefficient (Wildman–Crippen LogP) is 4.59. The molecule has 2 heterocycles. The average Bonchev–Trinajstić information content (AvgIpc) is 3.10. The molecule has 26 heavy (non-hydrogen) atoms. The number of hydrogen-bond donors (Lipinski definition) is 1. The van der Waals surface area contributed by atoms with E-state index in [9.17, 15) is 22.4 Å². The lowest BCUT2D eigenvalue weighted by atomic mass is 10.1. The maximum Gasteiger partial charge on any atom is 0.433 e. The molecule has 0 radical (unpaired) electrons. The van der Waals surface area contributed by atoms with Gasteiger partial charge in [-0.15, -0.1) is 0 Å². The van der Waals surface area contributed by atoms with Crippen LogP contribution in [0.5, 0.6) is 0 Å².